The Morgan fingerprint density at radius 3 is 1.58 bits per heavy atom. The highest BCUT2D eigenvalue weighted by molar-refractivity contribution is 7.26. The van der Waals surface area contributed by atoms with Crippen LogP contribution < -0.4 is 0 Å². The Labute approximate surface area is 291 Å². The van der Waals surface area contributed by atoms with Crippen LogP contribution in [0.4, 0.5) is 0 Å². The Bertz CT molecular complexity index is 2790. The van der Waals surface area contributed by atoms with Gasteiger partial charge in [-0.3, -0.25) is 0 Å². The molecule has 10 aromatic rings. The molecule has 0 aliphatic carbocycles. The van der Waals surface area contributed by atoms with Crippen molar-refractivity contribution in [1.29, 1.82) is 0 Å². The van der Waals surface area contributed by atoms with Crippen LogP contribution in [0.25, 0.3) is 98.8 Å². The number of benzene rings is 7. The van der Waals surface area contributed by atoms with Gasteiger partial charge in [0.15, 0.2) is 23.1 Å². The summed E-state index contributed by atoms with van der Waals surface area (Å²) in [6, 6.07) is 54.0. The first-order chi connectivity index (χ1) is 24.8. The highest BCUT2D eigenvalue weighted by Gasteiger charge is 2.20. The summed E-state index contributed by atoms with van der Waals surface area (Å²) in [6.07, 6.45) is 0. The maximum Gasteiger partial charge on any atom is 0.227 e. The van der Waals surface area contributed by atoms with Crippen molar-refractivity contribution >= 4 is 53.4 Å². The molecule has 5 nitrogen and oxygen atoms in total. The Balaban J connectivity index is 1.15. The van der Waals surface area contributed by atoms with E-state index < -0.39 is 0 Å². The van der Waals surface area contributed by atoms with Crippen molar-refractivity contribution in [2.45, 2.75) is 0 Å². The van der Waals surface area contributed by atoms with Gasteiger partial charge < -0.3 is 4.42 Å². The summed E-state index contributed by atoms with van der Waals surface area (Å²) < 4.78 is 9.08. The second kappa shape index (κ2) is 11.6. The SMILES string of the molecule is c1ccc(-c2nc(-c3ccccc3)nc(-c3ccc(-c4cc5sc6ccccc6c5c5c4ccc4nc(-c6ccccc6)oc45)cc3)n2)cc1. The summed E-state index contributed by atoms with van der Waals surface area (Å²) in [5, 5.41) is 4.64. The lowest BCUT2D eigenvalue weighted by atomic mass is 9.94. The summed E-state index contributed by atoms with van der Waals surface area (Å²) in [6.45, 7) is 0. The summed E-state index contributed by atoms with van der Waals surface area (Å²) in [4.78, 5) is 19.7. The van der Waals surface area contributed by atoms with E-state index >= 15 is 0 Å². The lowest BCUT2D eigenvalue weighted by Gasteiger charge is -2.11. The zero-order valence-corrected chi connectivity index (χ0v) is 27.4. The number of rotatable bonds is 5. The molecule has 3 aromatic heterocycles. The van der Waals surface area contributed by atoms with E-state index in [0.29, 0.717) is 23.4 Å². The molecule has 10 rings (SSSR count). The smallest absolute Gasteiger partial charge is 0.227 e. The lowest BCUT2D eigenvalue weighted by molar-refractivity contribution is 0.623. The van der Waals surface area contributed by atoms with Gasteiger partial charge in [0.25, 0.3) is 0 Å². The summed E-state index contributed by atoms with van der Waals surface area (Å²) in [7, 11) is 0. The third-order valence-electron chi connectivity index (χ3n) is 9.17. The van der Waals surface area contributed by atoms with Crippen molar-refractivity contribution in [2.75, 3.05) is 0 Å². The number of oxazole rings is 1. The van der Waals surface area contributed by atoms with Crippen molar-refractivity contribution < 1.29 is 4.42 Å². The minimum absolute atomic E-state index is 0.623. The Morgan fingerprint density at radius 2 is 0.940 bits per heavy atom. The fourth-order valence-corrected chi connectivity index (χ4v) is 7.93. The molecular weight excluding hydrogens is 633 g/mol. The van der Waals surface area contributed by atoms with Gasteiger partial charge in [0.2, 0.25) is 5.89 Å². The molecule has 0 aliphatic rings. The van der Waals surface area contributed by atoms with E-state index in [2.05, 4.69) is 66.7 Å². The minimum Gasteiger partial charge on any atom is -0.435 e. The largest absolute Gasteiger partial charge is 0.435 e. The third-order valence-corrected chi connectivity index (χ3v) is 10.3. The molecule has 6 heteroatoms. The van der Waals surface area contributed by atoms with Gasteiger partial charge in [-0.15, -0.1) is 11.3 Å². The van der Waals surface area contributed by atoms with E-state index in [-0.39, 0.29) is 0 Å². The molecule has 0 N–H and O–H groups in total. The Kier molecular flexibility index (Phi) is 6.60. The third kappa shape index (κ3) is 4.77. The average molecular weight is 659 g/mol. The minimum atomic E-state index is 0.623. The molecule has 0 radical (unpaired) electrons. The molecule has 3 heterocycles. The first-order valence-corrected chi connectivity index (χ1v) is 17.3. The first kappa shape index (κ1) is 28.5. The molecule has 234 valence electrons. The second-order valence-corrected chi connectivity index (χ2v) is 13.3. The highest BCUT2D eigenvalue weighted by atomic mass is 32.1. The summed E-state index contributed by atoms with van der Waals surface area (Å²) in [5.74, 6) is 2.54. The predicted molar refractivity (Wildman–Crippen MR) is 205 cm³/mol. The molecule has 50 heavy (non-hydrogen) atoms. The van der Waals surface area contributed by atoms with Crippen molar-refractivity contribution in [3.63, 3.8) is 0 Å². The van der Waals surface area contributed by atoms with Gasteiger partial charge in [-0.05, 0) is 46.8 Å². The molecule has 0 aliphatic heterocycles. The van der Waals surface area contributed by atoms with Gasteiger partial charge in [-0.1, -0.05) is 127 Å². The van der Waals surface area contributed by atoms with Crippen molar-refractivity contribution in [2.24, 2.45) is 0 Å². The molecule has 0 amide bonds. The summed E-state index contributed by atoms with van der Waals surface area (Å²) >= 11 is 1.81. The van der Waals surface area contributed by atoms with Crippen LogP contribution in [0.1, 0.15) is 0 Å². The molecule has 0 spiro atoms. The van der Waals surface area contributed by atoms with Crippen LogP contribution in [0, 0.1) is 0 Å². The monoisotopic (exact) mass is 658 g/mol. The van der Waals surface area contributed by atoms with E-state index in [4.69, 9.17) is 24.4 Å². The number of thiophene rings is 1. The zero-order valence-electron chi connectivity index (χ0n) is 26.6. The maximum absolute atomic E-state index is 6.63. The van der Waals surface area contributed by atoms with Gasteiger partial charge in [0, 0.05) is 47.8 Å². The number of hydrogen-bond donors (Lipinski definition) is 0. The second-order valence-electron chi connectivity index (χ2n) is 12.2. The molecule has 0 saturated carbocycles. The van der Waals surface area contributed by atoms with Crippen LogP contribution in [0.5, 0.6) is 0 Å². The van der Waals surface area contributed by atoms with Crippen LogP contribution >= 0.6 is 11.3 Å². The van der Waals surface area contributed by atoms with E-state index in [1.807, 2.05) is 102 Å². The molecular formula is C44H26N4OS. The van der Waals surface area contributed by atoms with Crippen LogP contribution in [0.2, 0.25) is 0 Å². The van der Waals surface area contributed by atoms with E-state index in [0.717, 1.165) is 55.3 Å². The quantitative estimate of drug-likeness (QED) is 0.184. The van der Waals surface area contributed by atoms with Gasteiger partial charge in [0.05, 0.1) is 0 Å². The molecule has 7 aromatic carbocycles. The zero-order chi connectivity index (χ0) is 33.0. The molecule has 0 bridgehead atoms. The highest BCUT2D eigenvalue weighted by Crippen LogP contribution is 2.46. The predicted octanol–water partition coefficient (Wildman–Crippen LogP) is 11.9. The molecule has 0 unspecified atom stereocenters. The van der Waals surface area contributed by atoms with E-state index in [9.17, 15) is 0 Å². The van der Waals surface area contributed by atoms with Crippen LogP contribution in [0.3, 0.4) is 0 Å². The molecule has 0 fully saturated rings. The first-order valence-electron chi connectivity index (χ1n) is 16.5. The number of nitrogens with zero attached hydrogens (tertiary/aromatic N) is 4. The van der Waals surface area contributed by atoms with Crippen molar-refractivity contribution in [3.8, 4) is 56.7 Å². The van der Waals surface area contributed by atoms with Crippen LogP contribution in [-0.2, 0) is 0 Å². The maximum atomic E-state index is 6.63. The van der Waals surface area contributed by atoms with Crippen LogP contribution in [0.15, 0.2) is 162 Å². The van der Waals surface area contributed by atoms with E-state index in [1.54, 1.807) is 0 Å². The van der Waals surface area contributed by atoms with Crippen LogP contribution in [-0.4, -0.2) is 19.9 Å². The van der Waals surface area contributed by atoms with Gasteiger partial charge >= 0.3 is 0 Å². The molecule has 0 saturated heterocycles. The number of aromatic nitrogens is 4. The standard InChI is InChI=1S/C44H26N4OS/c1-4-12-28(13-5-1)41-46-42(29-14-6-2-7-15-29)48-43(47-41)30-22-20-27(21-23-30)34-26-37-38(33-18-10-11-19-36(33)50-37)39-32(34)24-25-35-40(39)49-44(45-35)31-16-8-3-9-17-31/h1-26H. The fourth-order valence-electron chi connectivity index (χ4n) is 6.78. The average Bonchev–Trinajstić information content (AvgIpc) is 3.81. The Hall–Kier alpha value is -6.50. The van der Waals surface area contributed by atoms with Crippen molar-refractivity contribution in [1.82, 2.24) is 19.9 Å². The normalized spacial score (nSPS) is 11.6. The lowest BCUT2D eigenvalue weighted by Crippen LogP contribution is -2.00. The summed E-state index contributed by atoms with van der Waals surface area (Å²) in [5.41, 5.74) is 7.65. The number of hydrogen-bond acceptors (Lipinski definition) is 6. The topological polar surface area (TPSA) is 64.7 Å². The fraction of sp³-hybridized carbons (Fsp3) is 0. The molecule has 0 atom stereocenters. The van der Waals surface area contributed by atoms with Gasteiger partial charge in [-0.2, -0.15) is 0 Å². The van der Waals surface area contributed by atoms with E-state index in [1.165, 1.54) is 20.2 Å². The number of fused-ring (bicyclic) bond motifs is 7. The van der Waals surface area contributed by atoms with Crippen molar-refractivity contribution in [3.05, 3.63) is 158 Å². The van der Waals surface area contributed by atoms with Gasteiger partial charge in [0.1, 0.15) is 5.52 Å². The van der Waals surface area contributed by atoms with Gasteiger partial charge in [-0.25, -0.2) is 19.9 Å². The Morgan fingerprint density at radius 1 is 0.400 bits per heavy atom.